The van der Waals surface area contributed by atoms with E-state index < -0.39 is 0 Å². The molecule has 124 valence electrons. The van der Waals surface area contributed by atoms with Gasteiger partial charge in [-0.1, -0.05) is 6.07 Å². The number of guanidine groups is 1. The van der Waals surface area contributed by atoms with Gasteiger partial charge in [0.15, 0.2) is 5.96 Å². The van der Waals surface area contributed by atoms with Crippen molar-refractivity contribution in [3.63, 3.8) is 0 Å². The van der Waals surface area contributed by atoms with Crippen LogP contribution in [0.5, 0.6) is 5.75 Å². The van der Waals surface area contributed by atoms with Crippen molar-refractivity contribution in [1.29, 1.82) is 0 Å². The summed E-state index contributed by atoms with van der Waals surface area (Å²) in [5.74, 6) is 2.04. The van der Waals surface area contributed by atoms with E-state index in [2.05, 4.69) is 15.3 Å². The normalized spacial score (nSPS) is 10.7. The molecule has 2 rings (SSSR count). The third kappa shape index (κ3) is 5.93. The number of methoxy groups -OCH3 is 1. The molecule has 1 heterocycles. The van der Waals surface area contributed by atoms with Crippen molar-refractivity contribution in [2.75, 3.05) is 31.4 Å². The third-order valence-electron chi connectivity index (χ3n) is 3.02. The Morgan fingerprint density at radius 3 is 2.52 bits per heavy atom. The number of ether oxygens (including phenoxy) is 1. The van der Waals surface area contributed by atoms with Crippen LogP contribution in [0.3, 0.4) is 0 Å². The number of rotatable bonds is 5. The number of hydrogen-bond donors (Lipinski definition) is 2. The highest BCUT2D eigenvalue weighted by atomic mass is 127. The van der Waals surface area contributed by atoms with E-state index in [0.29, 0.717) is 12.5 Å². The van der Waals surface area contributed by atoms with Gasteiger partial charge in [0.25, 0.3) is 0 Å². The number of anilines is 2. The van der Waals surface area contributed by atoms with E-state index in [9.17, 15) is 0 Å². The molecule has 0 aliphatic heterocycles. The van der Waals surface area contributed by atoms with Gasteiger partial charge in [-0.25, -0.2) is 9.98 Å². The predicted molar refractivity (Wildman–Crippen MR) is 106 cm³/mol. The maximum atomic E-state index is 5.89. The van der Waals surface area contributed by atoms with Crippen molar-refractivity contribution in [1.82, 2.24) is 4.98 Å². The highest BCUT2D eigenvalue weighted by molar-refractivity contribution is 14.0. The van der Waals surface area contributed by atoms with Crippen LogP contribution in [0.1, 0.15) is 5.69 Å². The first kappa shape index (κ1) is 19.0. The highest BCUT2D eigenvalue weighted by Gasteiger charge is 2.00. The van der Waals surface area contributed by atoms with Gasteiger partial charge in [0.2, 0.25) is 0 Å². The topological polar surface area (TPSA) is 75.8 Å². The van der Waals surface area contributed by atoms with Crippen molar-refractivity contribution >= 4 is 41.4 Å². The van der Waals surface area contributed by atoms with Crippen molar-refractivity contribution in [2.24, 2.45) is 10.7 Å². The van der Waals surface area contributed by atoms with Crippen molar-refractivity contribution in [3.05, 3.63) is 48.2 Å². The number of aromatic nitrogens is 1. The number of nitrogens with one attached hydrogen (secondary N) is 1. The summed E-state index contributed by atoms with van der Waals surface area (Å²) in [6.45, 7) is 0.427. The molecule has 3 N–H and O–H groups in total. The van der Waals surface area contributed by atoms with Gasteiger partial charge < -0.3 is 20.7 Å². The maximum absolute atomic E-state index is 5.89. The van der Waals surface area contributed by atoms with E-state index >= 15 is 0 Å². The van der Waals surface area contributed by atoms with Gasteiger partial charge in [0, 0.05) is 19.8 Å². The maximum Gasteiger partial charge on any atom is 0.193 e. The zero-order valence-corrected chi connectivity index (χ0v) is 15.8. The summed E-state index contributed by atoms with van der Waals surface area (Å²) in [6.07, 6.45) is 0. The smallest absolute Gasteiger partial charge is 0.193 e. The minimum absolute atomic E-state index is 0. The second-order valence-electron chi connectivity index (χ2n) is 4.94. The number of pyridine rings is 1. The second kappa shape index (κ2) is 9.19. The molecule has 1 aromatic heterocycles. The van der Waals surface area contributed by atoms with Crippen LogP contribution in [-0.2, 0) is 6.54 Å². The first-order valence-corrected chi connectivity index (χ1v) is 6.93. The van der Waals surface area contributed by atoms with Crippen LogP contribution in [0.2, 0.25) is 0 Å². The van der Waals surface area contributed by atoms with Gasteiger partial charge in [-0.3, -0.25) is 0 Å². The number of benzene rings is 1. The van der Waals surface area contributed by atoms with Crippen molar-refractivity contribution in [2.45, 2.75) is 6.54 Å². The molecule has 0 saturated heterocycles. The molecular weight excluding hydrogens is 405 g/mol. The molecule has 0 unspecified atom stereocenters. The largest absolute Gasteiger partial charge is 0.497 e. The Bertz CT molecular complexity index is 643. The predicted octanol–water partition coefficient (Wildman–Crippen LogP) is 2.70. The summed E-state index contributed by atoms with van der Waals surface area (Å²) < 4.78 is 5.11. The molecule has 0 radical (unpaired) electrons. The Kier molecular flexibility index (Phi) is 7.60. The van der Waals surface area contributed by atoms with Gasteiger partial charge >= 0.3 is 0 Å². The summed E-state index contributed by atoms with van der Waals surface area (Å²) in [6, 6.07) is 13.3. The molecule has 0 spiro atoms. The van der Waals surface area contributed by atoms with E-state index in [-0.39, 0.29) is 24.0 Å². The third-order valence-corrected chi connectivity index (χ3v) is 3.02. The van der Waals surface area contributed by atoms with E-state index in [1.165, 1.54) is 0 Å². The summed E-state index contributed by atoms with van der Waals surface area (Å²) in [5.41, 5.74) is 7.62. The fourth-order valence-electron chi connectivity index (χ4n) is 1.83. The first-order valence-electron chi connectivity index (χ1n) is 6.93. The quantitative estimate of drug-likeness (QED) is 0.436. The first-order chi connectivity index (χ1) is 10.6. The van der Waals surface area contributed by atoms with E-state index in [0.717, 1.165) is 22.9 Å². The van der Waals surface area contributed by atoms with E-state index in [4.69, 9.17) is 10.5 Å². The Labute approximate surface area is 153 Å². The Morgan fingerprint density at radius 1 is 1.22 bits per heavy atom. The molecule has 0 amide bonds. The summed E-state index contributed by atoms with van der Waals surface area (Å²) >= 11 is 0. The Balaban J connectivity index is 0.00000264. The van der Waals surface area contributed by atoms with Crippen LogP contribution in [0, 0.1) is 0 Å². The number of hydrogen-bond acceptors (Lipinski definition) is 4. The molecule has 0 aliphatic carbocycles. The minimum Gasteiger partial charge on any atom is -0.497 e. The molecule has 6 nitrogen and oxygen atoms in total. The standard InChI is InChI=1S/C16H21N5O.HI/c1-21(2)15-6-4-5-13(19-15)11-18-16(17)20-12-7-9-14(22-3)10-8-12;/h4-10H,11H2,1-3H3,(H3,17,18,20);1H. The number of halogens is 1. The minimum atomic E-state index is 0. The molecule has 7 heteroatoms. The Hall–Kier alpha value is -2.03. The fraction of sp³-hybridized carbons (Fsp3) is 0.250. The van der Waals surface area contributed by atoms with Gasteiger partial charge in [-0.2, -0.15) is 0 Å². The van der Waals surface area contributed by atoms with Crippen molar-refractivity contribution < 1.29 is 4.74 Å². The van der Waals surface area contributed by atoms with Gasteiger partial charge in [-0.15, -0.1) is 24.0 Å². The van der Waals surface area contributed by atoms with Crippen LogP contribution in [0.4, 0.5) is 11.5 Å². The summed E-state index contributed by atoms with van der Waals surface area (Å²) in [7, 11) is 5.54. The zero-order valence-electron chi connectivity index (χ0n) is 13.5. The van der Waals surface area contributed by atoms with Gasteiger partial charge in [0.05, 0.1) is 19.3 Å². The molecular formula is C16H22IN5O. The summed E-state index contributed by atoms with van der Waals surface area (Å²) in [4.78, 5) is 10.7. The van der Waals surface area contributed by atoms with Crippen LogP contribution < -0.4 is 20.7 Å². The lowest BCUT2D eigenvalue weighted by molar-refractivity contribution is 0.415. The Morgan fingerprint density at radius 2 is 1.91 bits per heavy atom. The molecule has 23 heavy (non-hydrogen) atoms. The molecule has 0 bridgehead atoms. The average Bonchev–Trinajstić information content (AvgIpc) is 2.54. The van der Waals surface area contributed by atoms with Crippen LogP contribution in [0.25, 0.3) is 0 Å². The van der Waals surface area contributed by atoms with E-state index in [1.54, 1.807) is 7.11 Å². The number of aliphatic imine (C=N–C) groups is 1. The molecule has 0 saturated carbocycles. The van der Waals surface area contributed by atoms with Gasteiger partial charge in [0.1, 0.15) is 11.6 Å². The SMILES string of the molecule is COc1ccc(NC(N)=NCc2cccc(N(C)C)n2)cc1.I. The van der Waals surface area contributed by atoms with Crippen LogP contribution in [0.15, 0.2) is 47.5 Å². The van der Waals surface area contributed by atoms with Crippen LogP contribution in [-0.4, -0.2) is 32.1 Å². The monoisotopic (exact) mass is 427 g/mol. The molecule has 0 atom stereocenters. The summed E-state index contributed by atoms with van der Waals surface area (Å²) in [5, 5.41) is 3.03. The fourth-order valence-corrected chi connectivity index (χ4v) is 1.83. The zero-order chi connectivity index (χ0) is 15.9. The van der Waals surface area contributed by atoms with Crippen molar-refractivity contribution in [3.8, 4) is 5.75 Å². The number of nitrogens with zero attached hydrogens (tertiary/aromatic N) is 3. The van der Waals surface area contributed by atoms with Crippen LogP contribution >= 0.6 is 24.0 Å². The number of nitrogens with two attached hydrogens (primary N) is 1. The average molecular weight is 427 g/mol. The molecule has 2 aromatic rings. The molecule has 0 aliphatic rings. The lowest BCUT2D eigenvalue weighted by Gasteiger charge is -2.11. The second-order valence-corrected chi connectivity index (χ2v) is 4.94. The molecule has 1 aromatic carbocycles. The lowest BCUT2D eigenvalue weighted by atomic mass is 10.3. The lowest BCUT2D eigenvalue weighted by Crippen LogP contribution is -2.22. The van der Waals surface area contributed by atoms with E-state index in [1.807, 2.05) is 61.5 Å². The highest BCUT2D eigenvalue weighted by Crippen LogP contribution is 2.14. The van der Waals surface area contributed by atoms with Gasteiger partial charge in [-0.05, 0) is 36.4 Å². The molecule has 0 fully saturated rings.